The molecule has 1 atom stereocenters. The predicted molar refractivity (Wildman–Crippen MR) is 81.9 cm³/mol. The minimum absolute atomic E-state index is 0.0276. The number of hydrogen-bond acceptors (Lipinski definition) is 3. The number of alkyl halides is 3. The summed E-state index contributed by atoms with van der Waals surface area (Å²) >= 11 is 4.68. The van der Waals surface area contributed by atoms with Gasteiger partial charge in [0, 0.05) is 12.3 Å². The maximum atomic E-state index is 12.0. The molecule has 1 aromatic rings. The molecule has 1 unspecified atom stereocenters. The summed E-state index contributed by atoms with van der Waals surface area (Å²) in [7, 11) is 0. The molecule has 0 fully saturated rings. The number of thioether (sulfide) groups is 1. The smallest absolute Gasteiger partial charge is 0.393 e. The van der Waals surface area contributed by atoms with Crippen molar-refractivity contribution in [2.24, 2.45) is 11.7 Å². The van der Waals surface area contributed by atoms with Crippen LogP contribution in [0, 0.1) is 5.92 Å². The number of benzene rings is 1. The number of nitrogens with one attached hydrogen (secondary N) is 1. The number of hydrogen-bond donors (Lipinski definition) is 2. The van der Waals surface area contributed by atoms with E-state index in [4.69, 9.17) is 18.0 Å². The van der Waals surface area contributed by atoms with Gasteiger partial charge in [-0.05, 0) is 23.7 Å². The molecule has 0 saturated carbocycles. The van der Waals surface area contributed by atoms with Crippen LogP contribution in [0.15, 0.2) is 30.3 Å². The second-order valence-electron chi connectivity index (χ2n) is 4.23. The van der Waals surface area contributed by atoms with Gasteiger partial charge in [-0.3, -0.25) is 4.79 Å². The molecule has 0 heterocycles. The fourth-order valence-electron chi connectivity index (χ4n) is 1.64. The second-order valence-corrected chi connectivity index (χ2v) is 5.86. The van der Waals surface area contributed by atoms with Gasteiger partial charge in [0.05, 0.1) is 10.9 Å². The van der Waals surface area contributed by atoms with E-state index in [0.717, 1.165) is 5.56 Å². The van der Waals surface area contributed by atoms with Crippen molar-refractivity contribution in [3.8, 4) is 0 Å². The Bertz CT molecular complexity index is 480. The van der Waals surface area contributed by atoms with Crippen LogP contribution in [-0.4, -0.2) is 28.7 Å². The van der Waals surface area contributed by atoms with E-state index in [-0.39, 0.29) is 29.0 Å². The molecule has 0 spiro atoms. The van der Waals surface area contributed by atoms with Gasteiger partial charge >= 0.3 is 5.51 Å². The molecule has 0 aromatic heterocycles. The zero-order valence-corrected chi connectivity index (χ0v) is 12.7. The topological polar surface area (TPSA) is 55.1 Å². The Kier molecular flexibility index (Phi) is 6.97. The minimum Gasteiger partial charge on any atom is -0.393 e. The van der Waals surface area contributed by atoms with Crippen LogP contribution in [0.2, 0.25) is 0 Å². The highest BCUT2D eigenvalue weighted by molar-refractivity contribution is 8.00. The summed E-state index contributed by atoms with van der Waals surface area (Å²) in [5, 5.41) is 2.43. The highest BCUT2D eigenvalue weighted by atomic mass is 32.2. The molecule has 0 bridgehead atoms. The molecule has 1 rings (SSSR count). The Hall–Kier alpha value is -1.28. The number of carbonyl (C=O) groups is 1. The summed E-state index contributed by atoms with van der Waals surface area (Å²) in [6.07, 6.45) is 0.328. The minimum atomic E-state index is -4.29. The van der Waals surface area contributed by atoms with Gasteiger partial charge in [-0.1, -0.05) is 42.5 Å². The third kappa shape index (κ3) is 7.33. The fourth-order valence-corrected chi connectivity index (χ4v) is 2.26. The zero-order chi connectivity index (χ0) is 15.9. The molecule has 0 aliphatic carbocycles. The van der Waals surface area contributed by atoms with E-state index >= 15 is 0 Å². The van der Waals surface area contributed by atoms with E-state index < -0.39 is 17.3 Å². The highest BCUT2D eigenvalue weighted by Crippen LogP contribution is 2.29. The van der Waals surface area contributed by atoms with E-state index in [0.29, 0.717) is 6.42 Å². The van der Waals surface area contributed by atoms with Gasteiger partial charge in [-0.25, -0.2) is 0 Å². The molecule has 0 aliphatic rings. The molecule has 0 aliphatic heterocycles. The molecule has 0 saturated heterocycles. The molecule has 0 radical (unpaired) electrons. The van der Waals surface area contributed by atoms with E-state index in [2.05, 4.69) is 5.32 Å². The molecule has 21 heavy (non-hydrogen) atoms. The van der Waals surface area contributed by atoms with Gasteiger partial charge in [0.1, 0.15) is 0 Å². The number of amides is 1. The van der Waals surface area contributed by atoms with Crippen molar-refractivity contribution in [1.82, 2.24) is 5.32 Å². The Morgan fingerprint density at radius 3 is 2.48 bits per heavy atom. The van der Waals surface area contributed by atoms with Gasteiger partial charge in [-0.2, -0.15) is 13.2 Å². The number of halogens is 3. The van der Waals surface area contributed by atoms with E-state index in [1.54, 1.807) is 0 Å². The molecule has 3 N–H and O–H groups in total. The average molecular weight is 336 g/mol. The number of nitrogens with two attached hydrogens (primary N) is 1. The largest absolute Gasteiger partial charge is 0.441 e. The Balaban J connectivity index is 2.49. The van der Waals surface area contributed by atoms with Crippen LogP contribution in [0.5, 0.6) is 0 Å². The van der Waals surface area contributed by atoms with Gasteiger partial charge in [-0.15, -0.1) is 0 Å². The van der Waals surface area contributed by atoms with Crippen LogP contribution in [0.4, 0.5) is 13.2 Å². The molecule has 1 amide bonds. The maximum Gasteiger partial charge on any atom is 0.441 e. The van der Waals surface area contributed by atoms with Crippen LogP contribution in [-0.2, 0) is 11.2 Å². The fraction of sp³-hybridized carbons (Fsp3) is 0.385. The first-order valence-electron chi connectivity index (χ1n) is 6.11. The zero-order valence-electron chi connectivity index (χ0n) is 11.0. The van der Waals surface area contributed by atoms with Crippen molar-refractivity contribution >= 4 is 34.9 Å². The summed E-state index contributed by atoms with van der Waals surface area (Å²) in [6.45, 7) is -0.0864. The molecule has 1 aromatic carbocycles. The van der Waals surface area contributed by atoms with Crippen molar-refractivity contribution in [3.63, 3.8) is 0 Å². The van der Waals surface area contributed by atoms with E-state index in [9.17, 15) is 18.0 Å². The number of thiocarbonyl (C=S) groups is 1. The standard InChI is InChI=1S/C13H15F3N2OS2/c14-13(15,16)21-7-6-18-12(19)10(11(17)20)8-9-4-2-1-3-5-9/h1-5,10H,6-8H2,(H2,17,20)(H,18,19). The van der Waals surface area contributed by atoms with Crippen molar-refractivity contribution in [1.29, 1.82) is 0 Å². The molecular formula is C13H15F3N2OS2. The van der Waals surface area contributed by atoms with Crippen molar-refractivity contribution in [3.05, 3.63) is 35.9 Å². The second kappa shape index (κ2) is 8.23. The SMILES string of the molecule is NC(=S)C(Cc1ccccc1)C(=O)NCCSC(F)(F)F. The lowest BCUT2D eigenvalue weighted by molar-refractivity contribution is -0.122. The Morgan fingerprint density at radius 1 is 1.33 bits per heavy atom. The normalized spacial score (nSPS) is 12.7. The summed E-state index contributed by atoms with van der Waals surface area (Å²) in [6, 6.07) is 9.15. The van der Waals surface area contributed by atoms with Gasteiger partial charge in [0.2, 0.25) is 5.91 Å². The third-order valence-electron chi connectivity index (χ3n) is 2.61. The van der Waals surface area contributed by atoms with Crippen molar-refractivity contribution in [2.45, 2.75) is 11.9 Å². The van der Waals surface area contributed by atoms with Crippen molar-refractivity contribution < 1.29 is 18.0 Å². The number of rotatable bonds is 7. The predicted octanol–water partition coefficient (Wildman–Crippen LogP) is 2.50. The van der Waals surface area contributed by atoms with Crippen LogP contribution in [0.25, 0.3) is 0 Å². The lowest BCUT2D eigenvalue weighted by Gasteiger charge is -2.15. The first-order chi connectivity index (χ1) is 9.79. The summed E-state index contributed by atoms with van der Waals surface area (Å²) in [5.74, 6) is -1.42. The van der Waals surface area contributed by atoms with Crippen LogP contribution >= 0.6 is 24.0 Å². The van der Waals surface area contributed by atoms with Gasteiger partial charge < -0.3 is 11.1 Å². The number of carbonyl (C=O) groups excluding carboxylic acids is 1. The third-order valence-corrected chi connectivity index (χ3v) is 3.63. The van der Waals surface area contributed by atoms with Crippen LogP contribution < -0.4 is 11.1 Å². The first kappa shape index (κ1) is 17.8. The highest BCUT2D eigenvalue weighted by Gasteiger charge is 2.28. The van der Waals surface area contributed by atoms with Gasteiger partial charge in [0.15, 0.2) is 0 Å². The average Bonchev–Trinajstić information content (AvgIpc) is 2.40. The van der Waals surface area contributed by atoms with Crippen LogP contribution in [0.1, 0.15) is 5.56 Å². The monoisotopic (exact) mass is 336 g/mol. The molecule has 116 valence electrons. The maximum absolute atomic E-state index is 12.0. The summed E-state index contributed by atoms with van der Waals surface area (Å²) < 4.78 is 35.9. The van der Waals surface area contributed by atoms with Crippen molar-refractivity contribution in [2.75, 3.05) is 12.3 Å². The lowest BCUT2D eigenvalue weighted by atomic mass is 9.98. The molecule has 3 nitrogen and oxygen atoms in total. The van der Waals surface area contributed by atoms with Gasteiger partial charge in [0.25, 0.3) is 0 Å². The Labute approximate surface area is 130 Å². The Morgan fingerprint density at radius 2 is 1.95 bits per heavy atom. The van der Waals surface area contributed by atoms with E-state index in [1.807, 2.05) is 30.3 Å². The lowest BCUT2D eigenvalue weighted by Crippen LogP contribution is -2.40. The molecule has 8 heteroatoms. The molecular weight excluding hydrogens is 321 g/mol. The van der Waals surface area contributed by atoms with Crippen LogP contribution in [0.3, 0.4) is 0 Å². The summed E-state index contributed by atoms with van der Waals surface area (Å²) in [5.41, 5.74) is 2.13. The first-order valence-corrected chi connectivity index (χ1v) is 7.50. The quantitative estimate of drug-likeness (QED) is 0.593. The summed E-state index contributed by atoms with van der Waals surface area (Å²) in [4.78, 5) is 12.0. The van der Waals surface area contributed by atoms with E-state index in [1.165, 1.54) is 0 Å².